The third-order valence-electron chi connectivity index (χ3n) is 3.53. The van der Waals surface area contributed by atoms with Crippen LogP contribution in [0.3, 0.4) is 0 Å². The first-order valence-corrected chi connectivity index (χ1v) is 7.90. The molecule has 2 aromatic carbocycles. The van der Waals surface area contributed by atoms with Gasteiger partial charge in [-0.15, -0.1) is 0 Å². The van der Waals surface area contributed by atoms with Gasteiger partial charge in [0.25, 0.3) is 5.89 Å². The van der Waals surface area contributed by atoms with Gasteiger partial charge < -0.3 is 18.7 Å². The number of nitrogens with zero attached hydrogens (tertiary/aromatic N) is 3. The van der Waals surface area contributed by atoms with Gasteiger partial charge in [0, 0.05) is 6.07 Å². The SMILES string of the molecule is COc1ccc(-c2noc(COc3ccc(C#N)cc3Cl)n2)c(OC)c1. The van der Waals surface area contributed by atoms with Crippen LogP contribution in [-0.4, -0.2) is 24.4 Å². The molecule has 0 N–H and O–H groups in total. The highest BCUT2D eigenvalue weighted by Crippen LogP contribution is 2.32. The Labute approximate surface area is 154 Å². The fourth-order valence-corrected chi connectivity index (χ4v) is 2.47. The smallest absolute Gasteiger partial charge is 0.264 e. The molecular formula is C18H14ClN3O4. The van der Waals surface area contributed by atoms with E-state index in [0.29, 0.717) is 39.2 Å². The van der Waals surface area contributed by atoms with Crippen LogP contribution in [0.15, 0.2) is 40.9 Å². The third kappa shape index (κ3) is 3.71. The molecule has 0 bridgehead atoms. The lowest BCUT2D eigenvalue weighted by Gasteiger charge is -2.07. The zero-order chi connectivity index (χ0) is 18.5. The van der Waals surface area contributed by atoms with Gasteiger partial charge in [-0.3, -0.25) is 0 Å². The van der Waals surface area contributed by atoms with Gasteiger partial charge in [0.1, 0.15) is 17.2 Å². The summed E-state index contributed by atoms with van der Waals surface area (Å²) in [6.45, 7) is 0.0388. The molecule has 0 aliphatic rings. The second-order valence-corrected chi connectivity index (χ2v) is 5.53. The maximum atomic E-state index is 8.85. The quantitative estimate of drug-likeness (QED) is 0.649. The predicted octanol–water partition coefficient (Wildman–Crippen LogP) is 3.86. The van der Waals surface area contributed by atoms with Crippen molar-refractivity contribution in [2.24, 2.45) is 0 Å². The lowest BCUT2D eigenvalue weighted by molar-refractivity contribution is 0.243. The zero-order valence-corrected chi connectivity index (χ0v) is 14.8. The molecule has 1 heterocycles. The van der Waals surface area contributed by atoms with Crippen LogP contribution in [0.2, 0.25) is 5.02 Å². The summed E-state index contributed by atoms with van der Waals surface area (Å²) in [5, 5.41) is 13.1. The third-order valence-corrected chi connectivity index (χ3v) is 3.83. The number of hydrogen-bond donors (Lipinski definition) is 0. The standard InChI is InChI=1S/C18H14ClN3O4/c1-23-12-4-5-13(16(8-12)24-2)18-21-17(26-22-18)10-25-15-6-3-11(9-20)7-14(15)19/h3-8H,10H2,1-2H3. The van der Waals surface area contributed by atoms with Crippen LogP contribution in [0.5, 0.6) is 17.2 Å². The normalized spacial score (nSPS) is 10.2. The van der Waals surface area contributed by atoms with E-state index in [4.69, 9.17) is 35.6 Å². The molecule has 0 fully saturated rings. The fourth-order valence-electron chi connectivity index (χ4n) is 2.23. The largest absolute Gasteiger partial charge is 0.497 e. The predicted molar refractivity (Wildman–Crippen MR) is 93.3 cm³/mol. The summed E-state index contributed by atoms with van der Waals surface area (Å²) >= 11 is 6.07. The topological polar surface area (TPSA) is 90.4 Å². The molecular weight excluding hydrogens is 358 g/mol. The van der Waals surface area contributed by atoms with Crippen molar-refractivity contribution in [1.82, 2.24) is 10.1 Å². The molecule has 132 valence electrons. The van der Waals surface area contributed by atoms with Crippen molar-refractivity contribution in [3.8, 4) is 34.7 Å². The van der Waals surface area contributed by atoms with Gasteiger partial charge in [-0.05, 0) is 30.3 Å². The van der Waals surface area contributed by atoms with E-state index < -0.39 is 0 Å². The molecule has 1 aromatic heterocycles. The number of methoxy groups -OCH3 is 2. The molecule has 26 heavy (non-hydrogen) atoms. The summed E-state index contributed by atoms with van der Waals surface area (Å²) in [6.07, 6.45) is 0. The highest BCUT2D eigenvalue weighted by molar-refractivity contribution is 6.32. The van der Waals surface area contributed by atoms with E-state index in [0.717, 1.165) is 0 Å². The minimum absolute atomic E-state index is 0.0388. The molecule has 8 heteroatoms. The van der Waals surface area contributed by atoms with Crippen LogP contribution >= 0.6 is 11.6 Å². The summed E-state index contributed by atoms with van der Waals surface area (Å²) < 4.78 is 21.3. The van der Waals surface area contributed by atoms with E-state index in [1.165, 1.54) is 6.07 Å². The van der Waals surface area contributed by atoms with Crippen molar-refractivity contribution in [2.45, 2.75) is 6.61 Å². The van der Waals surface area contributed by atoms with Gasteiger partial charge in [-0.2, -0.15) is 10.2 Å². The van der Waals surface area contributed by atoms with Crippen LogP contribution in [-0.2, 0) is 6.61 Å². The van der Waals surface area contributed by atoms with Crippen molar-refractivity contribution >= 4 is 11.6 Å². The molecule has 0 aliphatic heterocycles. The number of ether oxygens (including phenoxy) is 3. The Morgan fingerprint density at radius 3 is 2.65 bits per heavy atom. The maximum Gasteiger partial charge on any atom is 0.264 e. The second kappa shape index (κ2) is 7.76. The lowest BCUT2D eigenvalue weighted by atomic mass is 10.2. The van der Waals surface area contributed by atoms with Crippen molar-refractivity contribution in [3.05, 3.63) is 52.9 Å². The average molecular weight is 372 g/mol. The first kappa shape index (κ1) is 17.6. The molecule has 0 amide bonds. The Balaban J connectivity index is 1.76. The molecule has 0 saturated carbocycles. The Hall–Kier alpha value is -3.24. The number of benzene rings is 2. The molecule has 0 saturated heterocycles. The van der Waals surface area contributed by atoms with Crippen molar-refractivity contribution in [1.29, 1.82) is 5.26 Å². The minimum Gasteiger partial charge on any atom is -0.497 e. The van der Waals surface area contributed by atoms with Crippen LogP contribution in [0.4, 0.5) is 0 Å². The first-order chi connectivity index (χ1) is 12.6. The highest BCUT2D eigenvalue weighted by atomic mass is 35.5. The number of aromatic nitrogens is 2. The Bertz CT molecular complexity index is 965. The van der Waals surface area contributed by atoms with Gasteiger partial charge >= 0.3 is 0 Å². The van der Waals surface area contributed by atoms with Gasteiger partial charge in [0.2, 0.25) is 5.82 Å². The molecule has 0 spiro atoms. The van der Waals surface area contributed by atoms with Gasteiger partial charge in [0.05, 0.1) is 36.4 Å². The zero-order valence-electron chi connectivity index (χ0n) is 14.0. The maximum absolute atomic E-state index is 8.85. The number of halogens is 1. The number of rotatable bonds is 6. The van der Waals surface area contributed by atoms with E-state index in [1.807, 2.05) is 6.07 Å². The Morgan fingerprint density at radius 1 is 1.12 bits per heavy atom. The Kier molecular flexibility index (Phi) is 5.25. The van der Waals surface area contributed by atoms with Gasteiger partial charge in [0.15, 0.2) is 6.61 Å². The van der Waals surface area contributed by atoms with Crippen molar-refractivity contribution in [3.63, 3.8) is 0 Å². The first-order valence-electron chi connectivity index (χ1n) is 7.52. The molecule has 3 rings (SSSR count). The monoisotopic (exact) mass is 371 g/mol. The summed E-state index contributed by atoms with van der Waals surface area (Å²) in [4.78, 5) is 4.30. The van der Waals surface area contributed by atoms with Crippen LogP contribution < -0.4 is 14.2 Å². The van der Waals surface area contributed by atoms with E-state index in [1.54, 1.807) is 44.6 Å². The molecule has 3 aromatic rings. The van der Waals surface area contributed by atoms with Gasteiger partial charge in [-0.1, -0.05) is 16.8 Å². The molecule has 0 atom stereocenters. The summed E-state index contributed by atoms with van der Waals surface area (Å²) in [5.41, 5.74) is 1.12. The van der Waals surface area contributed by atoms with E-state index in [2.05, 4.69) is 10.1 Å². The van der Waals surface area contributed by atoms with Gasteiger partial charge in [-0.25, -0.2) is 0 Å². The second-order valence-electron chi connectivity index (χ2n) is 5.12. The molecule has 0 aliphatic carbocycles. The van der Waals surface area contributed by atoms with Crippen LogP contribution in [0, 0.1) is 11.3 Å². The molecule has 0 unspecified atom stereocenters. The van der Waals surface area contributed by atoms with Crippen molar-refractivity contribution in [2.75, 3.05) is 14.2 Å². The highest BCUT2D eigenvalue weighted by Gasteiger charge is 2.15. The summed E-state index contributed by atoms with van der Waals surface area (Å²) in [6, 6.07) is 12.1. The summed E-state index contributed by atoms with van der Waals surface area (Å²) in [7, 11) is 3.13. The van der Waals surface area contributed by atoms with Crippen molar-refractivity contribution < 1.29 is 18.7 Å². The summed E-state index contributed by atoms with van der Waals surface area (Å²) in [5.74, 6) is 2.29. The van der Waals surface area contributed by atoms with E-state index >= 15 is 0 Å². The fraction of sp³-hybridized carbons (Fsp3) is 0.167. The minimum atomic E-state index is 0.0388. The molecule has 0 radical (unpaired) electrons. The Morgan fingerprint density at radius 2 is 1.96 bits per heavy atom. The van der Waals surface area contributed by atoms with E-state index in [9.17, 15) is 0 Å². The average Bonchev–Trinajstić information content (AvgIpc) is 3.15. The molecule has 7 nitrogen and oxygen atoms in total. The van der Waals surface area contributed by atoms with Crippen LogP contribution in [0.1, 0.15) is 11.5 Å². The number of nitriles is 1. The number of hydrogen-bond acceptors (Lipinski definition) is 7. The van der Waals surface area contributed by atoms with Crippen LogP contribution in [0.25, 0.3) is 11.4 Å². The van der Waals surface area contributed by atoms with E-state index in [-0.39, 0.29) is 12.5 Å². The lowest BCUT2D eigenvalue weighted by Crippen LogP contribution is -1.97.